The Labute approximate surface area is 95.9 Å². The summed E-state index contributed by atoms with van der Waals surface area (Å²) in [6.45, 7) is 5.87. The van der Waals surface area contributed by atoms with Gasteiger partial charge in [-0.05, 0) is 30.9 Å². The van der Waals surface area contributed by atoms with E-state index in [9.17, 15) is 4.79 Å². The van der Waals surface area contributed by atoms with Crippen LogP contribution in [0, 0.1) is 5.41 Å². The van der Waals surface area contributed by atoms with Gasteiger partial charge in [0, 0.05) is 0 Å². The molecular formula is C14H16O2. The molecule has 16 heavy (non-hydrogen) atoms. The molecule has 0 unspecified atom stereocenters. The van der Waals surface area contributed by atoms with E-state index in [-0.39, 0.29) is 5.97 Å². The van der Waals surface area contributed by atoms with Crippen molar-refractivity contribution in [2.24, 2.45) is 5.41 Å². The maximum absolute atomic E-state index is 12.0. The predicted octanol–water partition coefficient (Wildman–Crippen LogP) is 2.52. The molecule has 0 atom stereocenters. The Morgan fingerprint density at radius 2 is 1.81 bits per heavy atom. The number of carbonyl (C=O) groups is 1. The van der Waals surface area contributed by atoms with E-state index in [0.29, 0.717) is 12.8 Å². The maximum Gasteiger partial charge on any atom is 0.316 e. The topological polar surface area (TPSA) is 26.3 Å². The first-order valence-corrected chi connectivity index (χ1v) is 5.41. The fraction of sp³-hybridized carbons (Fsp3) is 0.357. The molecule has 1 aromatic carbocycles. The Balaban J connectivity index is 2.42. The van der Waals surface area contributed by atoms with E-state index in [0.717, 1.165) is 5.57 Å². The van der Waals surface area contributed by atoms with E-state index in [1.807, 2.05) is 19.1 Å². The SMILES string of the molecule is C=C(C)C1(C(=O)OC)Cc2ccccc2C1. The smallest absolute Gasteiger partial charge is 0.316 e. The quantitative estimate of drug-likeness (QED) is 0.561. The number of hydrogen-bond donors (Lipinski definition) is 0. The van der Waals surface area contributed by atoms with Crippen LogP contribution < -0.4 is 0 Å². The third kappa shape index (κ3) is 1.45. The van der Waals surface area contributed by atoms with E-state index < -0.39 is 5.41 Å². The van der Waals surface area contributed by atoms with Gasteiger partial charge in [-0.15, -0.1) is 0 Å². The highest BCUT2D eigenvalue weighted by Crippen LogP contribution is 2.42. The van der Waals surface area contributed by atoms with Crippen LogP contribution in [0.25, 0.3) is 0 Å². The average Bonchev–Trinajstić information content (AvgIpc) is 2.68. The van der Waals surface area contributed by atoms with Crippen molar-refractivity contribution in [3.63, 3.8) is 0 Å². The zero-order valence-corrected chi connectivity index (χ0v) is 9.75. The lowest BCUT2D eigenvalue weighted by atomic mass is 9.79. The van der Waals surface area contributed by atoms with Gasteiger partial charge in [-0.2, -0.15) is 0 Å². The highest BCUT2D eigenvalue weighted by molar-refractivity contribution is 5.82. The van der Waals surface area contributed by atoms with Crippen molar-refractivity contribution in [2.45, 2.75) is 19.8 Å². The summed E-state index contributed by atoms with van der Waals surface area (Å²) in [7, 11) is 1.44. The third-order valence-corrected chi connectivity index (χ3v) is 3.50. The molecule has 0 aliphatic heterocycles. The number of esters is 1. The summed E-state index contributed by atoms with van der Waals surface area (Å²) < 4.78 is 4.93. The number of carbonyl (C=O) groups excluding carboxylic acids is 1. The third-order valence-electron chi connectivity index (χ3n) is 3.50. The summed E-state index contributed by atoms with van der Waals surface area (Å²) in [5.74, 6) is -0.170. The minimum absolute atomic E-state index is 0.170. The first kappa shape index (κ1) is 10.9. The Bertz CT molecular complexity index is 421. The molecule has 2 heteroatoms. The fourth-order valence-electron chi connectivity index (χ4n) is 2.43. The molecule has 1 aromatic rings. The van der Waals surface area contributed by atoms with Gasteiger partial charge in [0.15, 0.2) is 0 Å². The molecule has 1 aliphatic rings. The Morgan fingerprint density at radius 1 is 1.31 bits per heavy atom. The van der Waals surface area contributed by atoms with Gasteiger partial charge in [-0.1, -0.05) is 36.4 Å². The fourth-order valence-corrected chi connectivity index (χ4v) is 2.43. The second-order valence-corrected chi connectivity index (χ2v) is 4.48. The number of hydrogen-bond acceptors (Lipinski definition) is 2. The van der Waals surface area contributed by atoms with Crippen LogP contribution in [0.2, 0.25) is 0 Å². The lowest BCUT2D eigenvalue weighted by molar-refractivity contribution is -0.149. The number of ether oxygens (including phenoxy) is 1. The van der Waals surface area contributed by atoms with Crippen molar-refractivity contribution in [1.29, 1.82) is 0 Å². The molecule has 0 saturated heterocycles. The molecule has 0 amide bonds. The molecule has 0 heterocycles. The van der Waals surface area contributed by atoms with Crippen LogP contribution in [0.15, 0.2) is 36.4 Å². The standard InChI is InChI=1S/C14H16O2/c1-10(2)14(13(15)16-3)8-11-6-4-5-7-12(11)9-14/h4-7H,1,8-9H2,2-3H3. The molecule has 0 N–H and O–H groups in total. The predicted molar refractivity (Wildman–Crippen MR) is 63.1 cm³/mol. The van der Waals surface area contributed by atoms with E-state index >= 15 is 0 Å². The summed E-state index contributed by atoms with van der Waals surface area (Å²) in [6, 6.07) is 8.15. The molecule has 0 spiro atoms. The lowest BCUT2D eigenvalue weighted by Crippen LogP contribution is -2.34. The van der Waals surface area contributed by atoms with Crippen molar-refractivity contribution < 1.29 is 9.53 Å². The van der Waals surface area contributed by atoms with E-state index in [2.05, 4.69) is 18.7 Å². The summed E-state index contributed by atoms with van der Waals surface area (Å²) in [4.78, 5) is 12.0. The van der Waals surface area contributed by atoms with Gasteiger partial charge in [0.2, 0.25) is 0 Å². The van der Waals surface area contributed by atoms with Crippen molar-refractivity contribution >= 4 is 5.97 Å². The minimum atomic E-state index is -0.543. The summed E-state index contributed by atoms with van der Waals surface area (Å²) in [6.07, 6.45) is 1.43. The molecule has 0 fully saturated rings. The van der Waals surface area contributed by atoms with Crippen LogP contribution in [0.5, 0.6) is 0 Å². The number of rotatable bonds is 2. The summed E-state index contributed by atoms with van der Waals surface area (Å²) in [5, 5.41) is 0. The van der Waals surface area contributed by atoms with E-state index in [4.69, 9.17) is 4.74 Å². The summed E-state index contributed by atoms with van der Waals surface area (Å²) >= 11 is 0. The zero-order valence-electron chi connectivity index (χ0n) is 9.75. The Morgan fingerprint density at radius 3 is 2.19 bits per heavy atom. The molecule has 84 valence electrons. The van der Waals surface area contributed by atoms with Gasteiger partial charge in [0.1, 0.15) is 0 Å². The maximum atomic E-state index is 12.0. The van der Waals surface area contributed by atoms with Crippen LogP contribution in [-0.2, 0) is 22.4 Å². The molecule has 2 rings (SSSR count). The molecule has 0 bridgehead atoms. The van der Waals surface area contributed by atoms with E-state index in [1.54, 1.807) is 0 Å². The zero-order chi connectivity index (χ0) is 11.8. The molecule has 2 nitrogen and oxygen atoms in total. The number of benzene rings is 1. The second-order valence-electron chi connectivity index (χ2n) is 4.48. The van der Waals surface area contributed by atoms with Gasteiger partial charge >= 0.3 is 5.97 Å². The average molecular weight is 216 g/mol. The van der Waals surface area contributed by atoms with Gasteiger partial charge in [0.05, 0.1) is 12.5 Å². The lowest BCUT2D eigenvalue weighted by Gasteiger charge is -2.26. The summed E-state index contributed by atoms with van der Waals surface area (Å²) in [5.41, 5.74) is 2.81. The normalized spacial score (nSPS) is 16.6. The first-order valence-electron chi connectivity index (χ1n) is 5.41. The highest BCUT2D eigenvalue weighted by atomic mass is 16.5. The van der Waals surface area contributed by atoms with Crippen LogP contribution in [-0.4, -0.2) is 13.1 Å². The Hall–Kier alpha value is -1.57. The highest BCUT2D eigenvalue weighted by Gasteiger charge is 2.45. The molecule has 0 saturated carbocycles. The monoisotopic (exact) mass is 216 g/mol. The van der Waals surface area contributed by atoms with Crippen molar-refractivity contribution in [3.8, 4) is 0 Å². The number of methoxy groups -OCH3 is 1. The van der Waals surface area contributed by atoms with Gasteiger partial charge in [0.25, 0.3) is 0 Å². The van der Waals surface area contributed by atoms with Crippen molar-refractivity contribution in [1.82, 2.24) is 0 Å². The van der Waals surface area contributed by atoms with Crippen molar-refractivity contribution in [3.05, 3.63) is 47.5 Å². The van der Waals surface area contributed by atoms with Crippen LogP contribution >= 0.6 is 0 Å². The number of fused-ring (bicyclic) bond motifs is 1. The minimum Gasteiger partial charge on any atom is -0.468 e. The van der Waals surface area contributed by atoms with Crippen LogP contribution in [0.1, 0.15) is 18.1 Å². The molecule has 1 aliphatic carbocycles. The first-order chi connectivity index (χ1) is 7.60. The molecule has 0 radical (unpaired) electrons. The molecule has 0 aromatic heterocycles. The molecular weight excluding hydrogens is 200 g/mol. The van der Waals surface area contributed by atoms with E-state index in [1.165, 1.54) is 18.2 Å². The van der Waals surface area contributed by atoms with Crippen molar-refractivity contribution in [2.75, 3.05) is 7.11 Å². The van der Waals surface area contributed by atoms with Crippen LogP contribution in [0.3, 0.4) is 0 Å². The largest absolute Gasteiger partial charge is 0.468 e. The van der Waals surface area contributed by atoms with Gasteiger partial charge < -0.3 is 4.74 Å². The van der Waals surface area contributed by atoms with Crippen LogP contribution in [0.4, 0.5) is 0 Å². The van der Waals surface area contributed by atoms with Gasteiger partial charge in [-0.3, -0.25) is 4.79 Å². The Kier molecular flexibility index (Phi) is 2.58. The second kappa shape index (κ2) is 3.78. The van der Waals surface area contributed by atoms with Gasteiger partial charge in [-0.25, -0.2) is 0 Å².